The van der Waals surface area contributed by atoms with Crippen LogP contribution in [0.3, 0.4) is 0 Å². The van der Waals surface area contributed by atoms with E-state index in [4.69, 9.17) is 4.42 Å². The maximum absolute atomic E-state index is 13.0. The molecule has 0 radical (unpaired) electrons. The number of guanidine groups is 1. The summed E-state index contributed by atoms with van der Waals surface area (Å²) in [6.45, 7) is 5.33. The predicted octanol–water partition coefficient (Wildman–Crippen LogP) is 3.76. The molecule has 0 saturated carbocycles. The lowest BCUT2D eigenvalue weighted by atomic mass is 10.1. The molecule has 0 bridgehead atoms. The lowest BCUT2D eigenvalue weighted by molar-refractivity contribution is -0.114. The molecule has 1 aromatic carbocycles. The van der Waals surface area contributed by atoms with Crippen molar-refractivity contribution in [3.63, 3.8) is 0 Å². The number of hydrogen-bond donors (Lipinski definition) is 3. The maximum atomic E-state index is 13.0. The number of nitrogens with zero attached hydrogens (tertiary/aromatic N) is 2. The number of anilines is 1. The summed E-state index contributed by atoms with van der Waals surface area (Å²) in [6, 6.07) is 9.67. The van der Waals surface area contributed by atoms with Crippen molar-refractivity contribution in [2.75, 3.05) is 38.0 Å². The van der Waals surface area contributed by atoms with Crippen molar-refractivity contribution in [1.29, 1.82) is 0 Å². The van der Waals surface area contributed by atoms with Crippen LogP contribution in [0.1, 0.15) is 38.0 Å². The molecule has 1 aromatic heterocycles. The Bertz CT molecular complexity index is 808. The third-order valence-electron chi connectivity index (χ3n) is 5.02. The fourth-order valence-corrected chi connectivity index (χ4v) is 3.54. The Balaban J connectivity index is 0.00000341. The second-order valence-corrected chi connectivity index (χ2v) is 7.26. The normalized spacial score (nSPS) is 15.6. The maximum Gasteiger partial charge on any atom is 0.246 e. The van der Waals surface area contributed by atoms with Crippen LogP contribution in [0.2, 0.25) is 0 Å². The van der Waals surface area contributed by atoms with Crippen molar-refractivity contribution in [2.24, 2.45) is 4.99 Å². The first-order valence-corrected chi connectivity index (χ1v) is 10.5. The van der Waals surface area contributed by atoms with Crippen molar-refractivity contribution in [3.8, 4) is 0 Å². The van der Waals surface area contributed by atoms with Gasteiger partial charge >= 0.3 is 0 Å². The lowest BCUT2D eigenvalue weighted by Gasteiger charge is -2.33. The minimum atomic E-state index is -0.343. The largest absolute Gasteiger partial charge is 0.468 e. The molecule has 1 atom stereocenters. The summed E-state index contributed by atoms with van der Waals surface area (Å²) < 4.78 is 18.7. The smallest absolute Gasteiger partial charge is 0.246 e. The van der Waals surface area contributed by atoms with Gasteiger partial charge in [-0.05, 0) is 69.3 Å². The Kier molecular flexibility index (Phi) is 10.8. The van der Waals surface area contributed by atoms with Crippen LogP contribution in [-0.2, 0) is 4.79 Å². The number of benzene rings is 1. The number of furan rings is 1. The van der Waals surface area contributed by atoms with Crippen LogP contribution in [0.5, 0.6) is 0 Å². The monoisotopic (exact) mass is 543 g/mol. The molecule has 3 rings (SSSR count). The molecule has 2 heterocycles. The van der Waals surface area contributed by atoms with Gasteiger partial charge in [0.25, 0.3) is 0 Å². The van der Waals surface area contributed by atoms with Crippen molar-refractivity contribution in [1.82, 2.24) is 15.5 Å². The van der Waals surface area contributed by atoms with Gasteiger partial charge < -0.3 is 20.4 Å². The van der Waals surface area contributed by atoms with Crippen LogP contribution in [0.25, 0.3) is 0 Å². The number of aliphatic imine (C=N–C) groups is 1. The van der Waals surface area contributed by atoms with Crippen molar-refractivity contribution in [3.05, 3.63) is 54.2 Å². The lowest BCUT2D eigenvalue weighted by Crippen LogP contribution is -2.44. The van der Waals surface area contributed by atoms with Gasteiger partial charge in [-0.3, -0.25) is 9.69 Å². The summed E-state index contributed by atoms with van der Waals surface area (Å²) in [6.07, 6.45) is 5.34. The van der Waals surface area contributed by atoms with Gasteiger partial charge in [0, 0.05) is 18.8 Å². The van der Waals surface area contributed by atoms with E-state index in [-0.39, 0.29) is 48.3 Å². The zero-order valence-electron chi connectivity index (χ0n) is 17.8. The van der Waals surface area contributed by atoms with Crippen LogP contribution < -0.4 is 16.0 Å². The molecule has 1 unspecified atom stereocenters. The van der Waals surface area contributed by atoms with Gasteiger partial charge in [0.05, 0.1) is 12.3 Å². The molecule has 3 N–H and O–H groups in total. The SMILES string of the molecule is CCNC(=NCC(=O)Nc1ccc(F)cc1)NCC(c1ccco1)N1CCCCC1.I. The number of halogens is 2. The van der Waals surface area contributed by atoms with Crippen molar-refractivity contribution in [2.45, 2.75) is 32.2 Å². The standard InChI is InChI=1S/C22H30FN5O2.HI/c1-2-24-22(26-16-21(29)27-18-10-8-17(23)9-11-18)25-15-19(20-7-6-14-30-20)28-12-4-3-5-13-28;/h6-11,14,19H,2-5,12-13,15-16H2,1H3,(H,27,29)(H2,24,25,26);1H. The van der Waals surface area contributed by atoms with E-state index in [0.717, 1.165) is 18.8 Å². The minimum absolute atomic E-state index is 0. The van der Waals surface area contributed by atoms with Crippen LogP contribution in [-0.4, -0.2) is 49.5 Å². The average molecular weight is 543 g/mol. The molecule has 1 aliphatic rings. The van der Waals surface area contributed by atoms with Crippen molar-refractivity contribution < 1.29 is 13.6 Å². The summed E-state index contributed by atoms with van der Waals surface area (Å²) in [7, 11) is 0. The molecule has 2 aromatic rings. The first kappa shape index (κ1) is 25.1. The van der Waals surface area contributed by atoms with E-state index in [1.807, 2.05) is 19.1 Å². The zero-order valence-corrected chi connectivity index (χ0v) is 20.1. The number of rotatable bonds is 8. The Hall–Kier alpha value is -2.14. The molecule has 1 saturated heterocycles. The molecule has 0 aliphatic carbocycles. The van der Waals surface area contributed by atoms with Crippen molar-refractivity contribution >= 4 is 41.5 Å². The highest BCUT2D eigenvalue weighted by Gasteiger charge is 2.24. The summed E-state index contributed by atoms with van der Waals surface area (Å²) in [5.74, 6) is 0.886. The van der Waals surface area contributed by atoms with Crippen LogP contribution >= 0.6 is 24.0 Å². The van der Waals surface area contributed by atoms with Crippen LogP contribution in [0.4, 0.5) is 10.1 Å². The first-order valence-electron chi connectivity index (χ1n) is 10.5. The second kappa shape index (κ2) is 13.3. The Morgan fingerprint density at radius 1 is 1.16 bits per heavy atom. The molecule has 9 heteroatoms. The number of likely N-dealkylation sites (tertiary alicyclic amines) is 1. The van der Waals surface area contributed by atoms with E-state index in [0.29, 0.717) is 24.7 Å². The number of carbonyl (C=O) groups excluding carboxylic acids is 1. The van der Waals surface area contributed by atoms with Crippen LogP contribution in [0, 0.1) is 5.82 Å². The third kappa shape index (κ3) is 8.13. The van der Waals surface area contributed by atoms with Gasteiger partial charge in [-0.25, -0.2) is 9.38 Å². The Labute approximate surface area is 199 Å². The fraction of sp³-hybridized carbons (Fsp3) is 0.455. The number of nitrogens with one attached hydrogen (secondary N) is 3. The molecular weight excluding hydrogens is 512 g/mol. The average Bonchev–Trinajstić information content (AvgIpc) is 3.29. The topological polar surface area (TPSA) is 81.9 Å². The first-order chi connectivity index (χ1) is 14.7. The molecule has 170 valence electrons. The van der Waals surface area contributed by atoms with E-state index >= 15 is 0 Å². The summed E-state index contributed by atoms with van der Waals surface area (Å²) >= 11 is 0. The predicted molar refractivity (Wildman–Crippen MR) is 131 cm³/mol. The minimum Gasteiger partial charge on any atom is -0.468 e. The molecular formula is C22H31FIN5O2. The zero-order chi connectivity index (χ0) is 21.2. The molecule has 7 nitrogen and oxygen atoms in total. The van der Waals surface area contributed by atoms with Gasteiger partial charge in [-0.1, -0.05) is 6.42 Å². The van der Waals surface area contributed by atoms with E-state index in [1.165, 1.54) is 43.5 Å². The van der Waals surface area contributed by atoms with Gasteiger partial charge in [0.2, 0.25) is 5.91 Å². The highest BCUT2D eigenvalue weighted by atomic mass is 127. The summed E-state index contributed by atoms with van der Waals surface area (Å²) in [5.41, 5.74) is 0.539. The van der Waals surface area contributed by atoms with E-state index in [9.17, 15) is 9.18 Å². The second-order valence-electron chi connectivity index (χ2n) is 7.26. The van der Waals surface area contributed by atoms with E-state index in [2.05, 4.69) is 25.8 Å². The highest BCUT2D eigenvalue weighted by molar-refractivity contribution is 14.0. The third-order valence-corrected chi connectivity index (χ3v) is 5.02. The number of hydrogen-bond acceptors (Lipinski definition) is 4. The Morgan fingerprint density at radius 2 is 1.90 bits per heavy atom. The number of carbonyl (C=O) groups is 1. The van der Waals surface area contributed by atoms with Gasteiger partial charge in [-0.2, -0.15) is 0 Å². The molecule has 1 fully saturated rings. The van der Waals surface area contributed by atoms with Gasteiger partial charge in [-0.15, -0.1) is 24.0 Å². The van der Waals surface area contributed by atoms with Gasteiger partial charge in [0.1, 0.15) is 18.1 Å². The van der Waals surface area contributed by atoms with Gasteiger partial charge in [0.15, 0.2) is 5.96 Å². The van der Waals surface area contributed by atoms with E-state index < -0.39 is 0 Å². The molecule has 1 aliphatic heterocycles. The van der Waals surface area contributed by atoms with Crippen LogP contribution in [0.15, 0.2) is 52.1 Å². The molecule has 1 amide bonds. The molecule has 0 spiro atoms. The Morgan fingerprint density at radius 3 is 2.55 bits per heavy atom. The quantitative estimate of drug-likeness (QED) is 0.269. The van der Waals surface area contributed by atoms with E-state index in [1.54, 1.807) is 6.26 Å². The number of piperidine rings is 1. The summed E-state index contributed by atoms with van der Waals surface area (Å²) in [4.78, 5) is 19.0. The number of amides is 1. The highest BCUT2D eigenvalue weighted by Crippen LogP contribution is 2.24. The molecule has 31 heavy (non-hydrogen) atoms. The fourth-order valence-electron chi connectivity index (χ4n) is 3.54. The summed E-state index contributed by atoms with van der Waals surface area (Å²) in [5, 5.41) is 9.23.